The highest BCUT2D eigenvalue weighted by Gasteiger charge is 2.67. The molecule has 4 nitrogen and oxygen atoms in total. The van der Waals surface area contributed by atoms with Gasteiger partial charge in [0.05, 0.1) is 13.2 Å². The first-order valence-corrected chi connectivity index (χ1v) is 9.99. The van der Waals surface area contributed by atoms with Crippen LogP contribution >= 0.6 is 11.6 Å². The number of halogens is 1. The molecular formula is C21H31ClO4. The SMILES string of the molecule is COC(=O)C1=CC[C@H]2[C@](C)(CCC=C(C)C)[C@@H](Cl)C[C@@H]3O[C@@H](O)[C@H]1[C@@]32C. The van der Waals surface area contributed by atoms with E-state index in [4.69, 9.17) is 21.1 Å². The minimum atomic E-state index is -0.984. The van der Waals surface area contributed by atoms with Gasteiger partial charge in [0.15, 0.2) is 6.29 Å². The number of rotatable bonds is 4. The number of methoxy groups -OCH3 is 1. The third kappa shape index (κ3) is 2.85. The predicted molar refractivity (Wildman–Crippen MR) is 102 cm³/mol. The maximum Gasteiger partial charge on any atom is 0.333 e. The Morgan fingerprint density at radius 1 is 1.46 bits per heavy atom. The maximum atomic E-state index is 12.3. The van der Waals surface area contributed by atoms with Crippen LogP contribution in [0.5, 0.6) is 0 Å². The first-order chi connectivity index (χ1) is 12.2. The normalized spacial score (nSPS) is 44.1. The van der Waals surface area contributed by atoms with Gasteiger partial charge in [-0.2, -0.15) is 0 Å². The Morgan fingerprint density at radius 2 is 2.15 bits per heavy atom. The molecule has 146 valence electrons. The lowest BCUT2D eigenvalue weighted by molar-refractivity contribution is -0.140. The average molecular weight is 383 g/mol. The van der Waals surface area contributed by atoms with Gasteiger partial charge in [0.25, 0.3) is 0 Å². The summed E-state index contributed by atoms with van der Waals surface area (Å²) < 4.78 is 10.9. The smallest absolute Gasteiger partial charge is 0.333 e. The quantitative estimate of drug-likeness (QED) is 0.449. The number of aliphatic hydroxyl groups excluding tert-OH is 1. The second kappa shape index (κ2) is 6.96. The zero-order valence-corrected chi connectivity index (χ0v) is 17.2. The van der Waals surface area contributed by atoms with Crippen LogP contribution in [0, 0.1) is 22.7 Å². The lowest BCUT2D eigenvalue weighted by Gasteiger charge is -2.58. The zero-order valence-electron chi connectivity index (χ0n) is 16.4. The third-order valence-electron chi connectivity index (χ3n) is 7.20. The van der Waals surface area contributed by atoms with Crippen molar-refractivity contribution in [3.05, 3.63) is 23.3 Å². The summed E-state index contributed by atoms with van der Waals surface area (Å²) >= 11 is 6.89. The standard InChI is InChI=1S/C21H31ClO4/c1-12(2)7-6-10-20(3)14-9-8-13(18(23)25-5)17-19(24)26-16(11-15(20)22)21(14,17)4/h7-8,14-17,19,24H,6,9-11H2,1-5H3/t14-,15-,16-,17-,19+,20-,21+/m0/s1. The first-order valence-electron chi connectivity index (χ1n) is 9.55. The van der Waals surface area contributed by atoms with Crippen LogP contribution in [0.2, 0.25) is 0 Å². The monoisotopic (exact) mass is 382 g/mol. The highest BCUT2D eigenvalue weighted by Crippen LogP contribution is 2.66. The van der Waals surface area contributed by atoms with Crippen LogP contribution in [0.1, 0.15) is 53.4 Å². The molecule has 1 heterocycles. The number of carbonyl (C=O) groups is 1. The summed E-state index contributed by atoms with van der Waals surface area (Å²) in [5, 5.41) is 10.6. The summed E-state index contributed by atoms with van der Waals surface area (Å²) in [6.07, 6.45) is 6.53. The van der Waals surface area contributed by atoms with Crippen molar-refractivity contribution in [1.29, 1.82) is 0 Å². The van der Waals surface area contributed by atoms with Crippen molar-refractivity contribution in [2.45, 2.75) is 71.1 Å². The molecule has 2 fully saturated rings. The molecule has 1 aliphatic heterocycles. The Hall–Kier alpha value is -0.840. The molecule has 1 N–H and O–H groups in total. The Labute approximate surface area is 161 Å². The topological polar surface area (TPSA) is 55.8 Å². The van der Waals surface area contributed by atoms with E-state index in [0.29, 0.717) is 12.0 Å². The molecule has 0 unspecified atom stereocenters. The number of allylic oxidation sites excluding steroid dienone is 3. The Balaban J connectivity index is 2.00. The van der Waals surface area contributed by atoms with E-state index in [1.165, 1.54) is 12.7 Å². The Morgan fingerprint density at radius 3 is 2.77 bits per heavy atom. The van der Waals surface area contributed by atoms with Crippen LogP contribution in [0.25, 0.3) is 0 Å². The van der Waals surface area contributed by atoms with Crippen molar-refractivity contribution >= 4 is 17.6 Å². The highest BCUT2D eigenvalue weighted by atomic mass is 35.5. The van der Waals surface area contributed by atoms with Crippen LogP contribution in [0.15, 0.2) is 23.3 Å². The van der Waals surface area contributed by atoms with Gasteiger partial charge in [0.2, 0.25) is 0 Å². The number of carbonyl (C=O) groups excluding carboxylic acids is 1. The molecule has 0 aromatic carbocycles. The predicted octanol–water partition coefficient (Wildman–Crippen LogP) is 4.21. The van der Waals surface area contributed by atoms with Gasteiger partial charge in [-0.1, -0.05) is 31.6 Å². The number of alkyl halides is 1. The fourth-order valence-electron chi connectivity index (χ4n) is 5.75. The molecule has 0 bridgehead atoms. The molecule has 0 radical (unpaired) electrons. The van der Waals surface area contributed by atoms with Crippen LogP contribution in [-0.4, -0.2) is 36.0 Å². The van der Waals surface area contributed by atoms with Crippen molar-refractivity contribution in [2.24, 2.45) is 22.7 Å². The van der Waals surface area contributed by atoms with E-state index < -0.39 is 6.29 Å². The molecule has 26 heavy (non-hydrogen) atoms. The van der Waals surface area contributed by atoms with E-state index in [9.17, 15) is 9.90 Å². The van der Waals surface area contributed by atoms with Gasteiger partial charge in [-0.05, 0) is 50.9 Å². The number of esters is 1. The molecule has 1 saturated carbocycles. The largest absolute Gasteiger partial charge is 0.466 e. The summed E-state index contributed by atoms with van der Waals surface area (Å²) in [6, 6.07) is 0. The van der Waals surface area contributed by atoms with E-state index in [0.717, 1.165) is 19.3 Å². The third-order valence-corrected chi connectivity index (χ3v) is 7.88. The van der Waals surface area contributed by atoms with Gasteiger partial charge in [-0.25, -0.2) is 4.79 Å². The van der Waals surface area contributed by atoms with Crippen LogP contribution in [-0.2, 0) is 14.3 Å². The van der Waals surface area contributed by atoms with E-state index in [2.05, 4.69) is 33.8 Å². The molecule has 0 aromatic heterocycles. The van der Waals surface area contributed by atoms with Crippen LogP contribution < -0.4 is 0 Å². The van der Waals surface area contributed by atoms with Gasteiger partial charge in [-0.3, -0.25) is 0 Å². The molecule has 3 aliphatic rings. The Bertz CT molecular complexity index is 638. The Kier molecular flexibility index (Phi) is 5.33. The lowest BCUT2D eigenvalue weighted by Crippen LogP contribution is -2.58. The average Bonchev–Trinajstić information content (AvgIpc) is 2.83. The minimum Gasteiger partial charge on any atom is -0.466 e. The fourth-order valence-corrected chi connectivity index (χ4v) is 6.18. The molecule has 2 aliphatic carbocycles. The van der Waals surface area contributed by atoms with Crippen LogP contribution in [0.4, 0.5) is 0 Å². The lowest BCUT2D eigenvalue weighted by atomic mass is 9.47. The molecular weight excluding hydrogens is 352 g/mol. The zero-order chi connectivity index (χ0) is 19.3. The summed E-state index contributed by atoms with van der Waals surface area (Å²) in [5.41, 5.74) is 1.47. The van der Waals surface area contributed by atoms with Gasteiger partial charge in [0, 0.05) is 22.3 Å². The number of hydrogen-bond donors (Lipinski definition) is 1. The van der Waals surface area contributed by atoms with Crippen molar-refractivity contribution in [2.75, 3.05) is 7.11 Å². The number of aliphatic hydroxyl groups is 1. The van der Waals surface area contributed by atoms with Crippen molar-refractivity contribution in [3.63, 3.8) is 0 Å². The summed E-state index contributed by atoms with van der Waals surface area (Å²) in [5.74, 6) is -0.472. The van der Waals surface area contributed by atoms with Crippen LogP contribution in [0.3, 0.4) is 0 Å². The fraction of sp³-hybridized carbons (Fsp3) is 0.762. The summed E-state index contributed by atoms with van der Waals surface area (Å²) in [4.78, 5) is 12.3. The first kappa shape index (κ1) is 19.9. The summed E-state index contributed by atoms with van der Waals surface area (Å²) in [7, 11) is 1.39. The van der Waals surface area contributed by atoms with E-state index in [1.807, 2.05) is 6.08 Å². The molecule has 0 amide bonds. The number of hydrogen-bond acceptors (Lipinski definition) is 4. The van der Waals surface area contributed by atoms with Gasteiger partial charge in [-0.15, -0.1) is 11.6 Å². The molecule has 1 saturated heterocycles. The molecule has 5 heteroatoms. The molecule has 3 rings (SSSR count). The second-order valence-corrected chi connectivity index (χ2v) is 9.35. The molecule has 0 spiro atoms. The van der Waals surface area contributed by atoms with Crippen molar-refractivity contribution < 1.29 is 19.4 Å². The van der Waals surface area contributed by atoms with Gasteiger partial charge in [0.1, 0.15) is 0 Å². The molecule has 0 aromatic rings. The summed E-state index contributed by atoms with van der Waals surface area (Å²) in [6.45, 7) is 8.67. The van der Waals surface area contributed by atoms with Crippen molar-refractivity contribution in [1.82, 2.24) is 0 Å². The van der Waals surface area contributed by atoms with Crippen molar-refractivity contribution in [3.8, 4) is 0 Å². The van der Waals surface area contributed by atoms with E-state index >= 15 is 0 Å². The second-order valence-electron chi connectivity index (χ2n) is 8.83. The van der Waals surface area contributed by atoms with E-state index in [-0.39, 0.29) is 40.1 Å². The highest BCUT2D eigenvalue weighted by molar-refractivity contribution is 6.21. The molecule has 7 atom stereocenters. The maximum absolute atomic E-state index is 12.3. The minimum absolute atomic E-state index is 0.0184. The van der Waals surface area contributed by atoms with Gasteiger partial charge < -0.3 is 14.6 Å². The number of ether oxygens (including phenoxy) is 2. The van der Waals surface area contributed by atoms with Gasteiger partial charge >= 0.3 is 5.97 Å². The van der Waals surface area contributed by atoms with E-state index in [1.54, 1.807) is 0 Å².